The van der Waals surface area contributed by atoms with Crippen molar-refractivity contribution in [2.24, 2.45) is 0 Å². The molecule has 0 aromatic carbocycles. The Hall–Kier alpha value is -4.26. The number of aldehydes is 1. The largest absolute Gasteiger partial charge is 0.463 e. The third-order valence-corrected chi connectivity index (χ3v) is 6.42. The highest BCUT2D eigenvalue weighted by molar-refractivity contribution is 9.11. The van der Waals surface area contributed by atoms with E-state index in [2.05, 4.69) is 77.8 Å². The van der Waals surface area contributed by atoms with Crippen molar-refractivity contribution in [1.29, 1.82) is 0 Å². The first-order chi connectivity index (χ1) is 23.0. The Morgan fingerprint density at radius 2 is 1.46 bits per heavy atom. The quantitative estimate of drug-likeness (QED) is 0.0696. The van der Waals surface area contributed by atoms with Crippen molar-refractivity contribution in [2.45, 2.75) is 27.0 Å². The van der Waals surface area contributed by atoms with Gasteiger partial charge in [0.2, 0.25) is 12.5 Å². The predicted octanol–water partition coefficient (Wildman–Crippen LogP) is 5.17. The Morgan fingerprint density at radius 1 is 0.875 bits per heavy atom. The number of nitrogens with zero attached hydrogens (tertiary/aromatic N) is 5. The molecule has 0 aliphatic carbocycles. The molecule has 0 aliphatic heterocycles. The number of halogens is 3. The van der Waals surface area contributed by atoms with Crippen molar-refractivity contribution in [3.63, 3.8) is 0 Å². The van der Waals surface area contributed by atoms with Gasteiger partial charge in [0.15, 0.2) is 5.69 Å². The van der Waals surface area contributed by atoms with Crippen LogP contribution in [0.4, 0.5) is 11.6 Å². The maximum atomic E-state index is 11.7. The van der Waals surface area contributed by atoms with Crippen LogP contribution in [-0.4, -0.2) is 81.9 Å². The van der Waals surface area contributed by atoms with Gasteiger partial charge in [0.25, 0.3) is 0 Å². The number of nitrogen functional groups attached to an aromatic ring is 1. The standard InChI is InChI=1S/C11H10BrN3O2.C10H13BrN2O3.C5H5BrN2.C4H6O3/c1-2-17-11(16)9-6-13-7-15(9)10-5-8(12)3-4-14-10;1-3-16-10(14)9(15-2)13-8-6-7(11)4-5-12-8;6-4-1-2-8-5(7)3-4;1-2-7-4(6)3-5/h3-7H,2H2,1H3;4-6,9H,3H2,1-2H3,(H,12,13);1-3H,(H2,7,8);3H,2H2,1H3. The van der Waals surface area contributed by atoms with Gasteiger partial charge in [-0.25, -0.2) is 34.3 Å². The van der Waals surface area contributed by atoms with E-state index in [1.165, 1.54) is 19.6 Å². The van der Waals surface area contributed by atoms with E-state index in [-0.39, 0.29) is 12.9 Å². The van der Waals surface area contributed by atoms with Crippen LogP contribution >= 0.6 is 47.8 Å². The molecule has 258 valence electrons. The highest BCUT2D eigenvalue weighted by Gasteiger charge is 2.19. The molecule has 0 saturated carbocycles. The summed E-state index contributed by atoms with van der Waals surface area (Å²) in [6.45, 7) is 6.04. The summed E-state index contributed by atoms with van der Waals surface area (Å²) >= 11 is 9.90. The number of carbonyl (C=O) groups is 4. The van der Waals surface area contributed by atoms with Crippen LogP contribution in [0.25, 0.3) is 5.82 Å². The Labute approximate surface area is 302 Å². The topological polar surface area (TPSA) is 200 Å². The van der Waals surface area contributed by atoms with Crippen LogP contribution in [0.1, 0.15) is 31.3 Å². The molecule has 3 N–H and O–H groups in total. The minimum Gasteiger partial charge on any atom is -0.463 e. The molecule has 0 saturated heterocycles. The number of rotatable bonds is 10. The summed E-state index contributed by atoms with van der Waals surface area (Å²) in [7, 11) is 1.42. The molecule has 0 bridgehead atoms. The van der Waals surface area contributed by atoms with E-state index in [0.717, 1.165) is 13.4 Å². The summed E-state index contributed by atoms with van der Waals surface area (Å²) in [6.07, 6.45) is 7.20. The number of nitrogens with one attached hydrogen (secondary N) is 1. The van der Waals surface area contributed by atoms with Gasteiger partial charge in [-0.1, -0.05) is 47.8 Å². The van der Waals surface area contributed by atoms with E-state index < -0.39 is 24.1 Å². The Balaban J connectivity index is 0.000000342. The Morgan fingerprint density at radius 3 is 1.94 bits per heavy atom. The lowest BCUT2D eigenvalue weighted by atomic mass is 10.4. The molecule has 0 fully saturated rings. The van der Waals surface area contributed by atoms with Crippen molar-refractivity contribution >= 4 is 83.6 Å². The highest BCUT2D eigenvalue weighted by atomic mass is 79.9. The monoisotopic (exact) mass is 857 g/mol. The third-order valence-electron chi connectivity index (χ3n) is 4.94. The molecular weight excluding hydrogens is 826 g/mol. The minimum atomic E-state index is -0.846. The fourth-order valence-corrected chi connectivity index (χ4v) is 4.02. The van der Waals surface area contributed by atoms with Gasteiger partial charge in [-0.05, 0) is 57.2 Å². The van der Waals surface area contributed by atoms with Gasteiger partial charge in [-0.3, -0.25) is 9.36 Å². The molecule has 0 amide bonds. The number of hydrogen-bond acceptors (Lipinski definition) is 14. The molecule has 48 heavy (non-hydrogen) atoms. The molecule has 4 heterocycles. The number of nitrogens with two attached hydrogens (primary N) is 1. The molecule has 0 spiro atoms. The average Bonchev–Trinajstić information content (AvgIpc) is 3.55. The zero-order valence-electron chi connectivity index (χ0n) is 26.3. The third kappa shape index (κ3) is 16.5. The summed E-state index contributed by atoms with van der Waals surface area (Å²) in [4.78, 5) is 58.3. The van der Waals surface area contributed by atoms with E-state index in [0.29, 0.717) is 36.4 Å². The van der Waals surface area contributed by atoms with Crippen molar-refractivity contribution < 1.29 is 38.1 Å². The number of pyridine rings is 3. The number of aromatic nitrogens is 5. The molecule has 4 rings (SSSR count). The lowest BCUT2D eigenvalue weighted by molar-refractivity contribution is -0.153. The van der Waals surface area contributed by atoms with E-state index in [4.69, 9.17) is 19.9 Å². The highest BCUT2D eigenvalue weighted by Crippen LogP contribution is 2.16. The fraction of sp³-hybridized carbons (Fsp3) is 0.267. The van der Waals surface area contributed by atoms with E-state index in [9.17, 15) is 19.2 Å². The minimum absolute atomic E-state index is 0.142. The maximum Gasteiger partial charge on any atom is 0.371 e. The van der Waals surface area contributed by atoms with E-state index >= 15 is 0 Å². The van der Waals surface area contributed by atoms with Gasteiger partial charge in [0, 0.05) is 39.1 Å². The van der Waals surface area contributed by atoms with Crippen LogP contribution in [0.15, 0.2) is 80.9 Å². The lowest BCUT2D eigenvalue weighted by Crippen LogP contribution is -2.33. The Kier molecular flexibility index (Phi) is 20.9. The fourth-order valence-electron chi connectivity index (χ4n) is 3.01. The first-order valence-electron chi connectivity index (χ1n) is 13.9. The van der Waals surface area contributed by atoms with Gasteiger partial charge in [0.05, 0.1) is 26.0 Å². The van der Waals surface area contributed by atoms with Crippen LogP contribution in [-0.2, 0) is 33.3 Å². The molecular formula is C30H34Br3N7O8. The van der Waals surface area contributed by atoms with Crippen LogP contribution < -0.4 is 11.1 Å². The molecule has 0 aliphatic rings. The van der Waals surface area contributed by atoms with Gasteiger partial charge >= 0.3 is 17.9 Å². The van der Waals surface area contributed by atoms with Crippen molar-refractivity contribution in [3.05, 3.63) is 86.6 Å². The SMILES string of the molecule is CCOC(=O)C(Nc1cc(Br)ccn1)OC.CCOC(=O)C=O.CCOC(=O)c1cncn1-c1cc(Br)ccn1.Nc1cc(Br)ccn1. The summed E-state index contributed by atoms with van der Waals surface area (Å²) in [5, 5.41) is 2.82. The average molecular weight is 860 g/mol. The van der Waals surface area contributed by atoms with Crippen molar-refractivity contribution in [3.8, 4) is 5.82 Å². The number of carbonyl (C=O) groups excluding carboxylic acids is 4. The van der Waals surface area contributed by atoms with Gasteiger partial charge in [-0.15, -0.1) is 0 Å². The van der Waals surface area contributed by atoms with Crippen molar-refractivity contribution in [2.75, 3.05) is 38.0 Å². The van der Waals surface area contributed by atoms with Crippen molar-refractivity contribution in [1.82, 2.24) is 24.5 Å². The molecule has 15 nitrogen and oxygen atoms in total. The number of methoxy groups -OCH3 is 1. The second kappa shape index (κ2) is 24.0. The second-order valence-corrected chi connectivity index (χ2v) is 11.1. The number of ether oxygens (including phenoxy) is 4. The number of hydrogen-bond donors (Lipinski definition) is 2. The summed E-state index contributed by atoms with van der Waals surface area (Å²) < 4.78 is 23.2. The Bertz CT molecular complexity index is 1580. The molecule has 1 atom stereocenters. The van der Waals surface area contributed by atoms with Crippen LogP contribution in [0.2, 0.25) is 0 Å². The van der Waals surface area contributed by atoms with E-state index in [1.807, 2.05) is 12.1 Å². The number of esters is 3. The first-order valence-corrected chi connectivity index (χ1v) is 16.2. The van der Waals surface area contributed by atoms with Gasteiger partial charge in [0.1, 0.15) is 23.8 Å². The van der Waals surface area contributed by atoms with Crippen LogP contribution in [0, 0.1) is 0 Å². The lowest BCUT2D eigenvalue weighted by Gasteiger charge is -2.15. The zero-order valence-corrected chi connectivity index (χ0v) is 31.1. The summed E-state index contributed by atoms with van der Waals surface area (Å²) in [5.41, 5.74) is 5.68. The molecule has 1 unspecified atom stereocenters. The summed E-state index contributed by atoms with van der Waals surface area (Å²) in [6, 6.07) is 10.7. The molecule has 0 radical (unpaired) electrons. The maximum absolute atomic E-state index is 11.7. The predicted molar refractivity (Wildman–Crippen MR) is 187 cm³/mol. The smallest absolute Gasteiger partial charge is 0.371 e. The van der Waals surface area contributed by atoms with E-state index in [1.54, 1.807) is 68.2 Å². The zero-order chi connectivity index (χ0) is 35.9. The van der Waals surface area contributed by atoms with Crippen LogP contribution in [0.5, 0.6) is 0 Å². The first kappa shape index (κ1) is 41.8. The van der Waals surface area contributed by atoms with Gasteiger partial charge < -0.3 is 30.0 Å². The number of imidazole rings is 1. The van der Waals surface area contributed by atoms with Gasteiger partial charge in [-0.2, -0.15) is 0 Å². The molecule has 4 aromatic heterocycles. The second-order valence-electron chi connectivity index (χ2n) is 8.34. The van der Waals surface area contributed by atoms with Crippen LogP contribution in [0.3, 0.4) is 0 Å². The number of anilines is 2. The summed E-state index contributed by atoms with van der Waals surface area (Å²) in [5.74, 6) is 0.00892. The molecule has 4 aromatic rings. The normalized spacial score (nSPS) is 10.2. The molecule has 18 heteroatoms.